The molecule has 1 nitrogen and oxygen atoms in total. The lowest BCUT2D eigenvalue weighted by atomic mass is 9.67. The molecule has 0 saturated heterocycles. The Morgan fingerprint density at radius 1 is 0.329 bits per heavy atom. The summed E-state index contributed by atoms with van der Waals surface area (Å²) in [6.45, 7) is 11.5. The van der Waals surface area contributed by atoms with Gasteiger partial charge in [-0.3, -0.25) is 0 Å². The molecule has 12 rings (SSSR count). The monoisotopic (exact) mass is 899 g/mol. The average molecular weight is 900 g/mol. The number of rotatable bonds is 9. The number of nitrogens with zero attached hydrogens (tertiary/aromatic N) is 1. The summed E-state index contributed by atoms with van der Waals surface area (Å²) in [6, 6.07) is 93.8. The second kappa shape index (κ2) is 16.9. The zero-order valence-corrected chi connectivity index (χ0v) is 40.7. The molecule has 0 N–H and O–H groups in total. The molecule has 2 atom stereocenters. The SMILES string of the molecule is CC(C)c1ccc(C2(c3ccccc3)c3ccccc3-c3ccc(N(c4cccc(-c5ccccc5)c4)c4ccc5c(c4)C(c4ccccc4)(c4ccc(C(C)(C)C)cc4)c4ccccc4-5)cc32)cc1. The first kappa shape index (κ1) is 43.3. The maximum atomic E-state index is 2.51. The first-order valence-electron chi connectivity index (χ1n) is 24.9. The Balaban J connectivity index is 1.14. The van der Waals surface area contributed by atoms with E-state index in [0.717, 1.165) is 17.1 Å². The van der Waals surface area contributed by atoms with Crippen LogP contribution in [-0.4, -0.2) is 0 Å². The van der Waals surface area contributed by atoms with Gasteiger partial charge < -0.3 is 4.90 Å². The molecule has 2 unspecified atom stereocenters. The van der Waals surface area contributed by atoms with Crippen molar-refractivity contribution in [2.75, 3.05) is 4.90 Å². The Hall–Kier alpha value is -8.00. The molecule has 0 spiro atoms. The van der Waals surface area contributed by atoms with E-state index in [-0.39, 0.29) is 5.41 Å². The van der Waals surface area contributed by atoms with E-state index in [4.69, 9.17) is 0 Å². The Morgan fingerprint density at radius 3 is 1.21 bits per heavy atom. The third-order valence-corrected chi connectivity index (χ3v) is 15.4. The molecule has 2 aliphatic carbocycles. The maximum absolute atomic E-state index is 2.51. The van der Waals surface area contributed by atoms with Crippen LogP contribution in [-0.2, 0) is 16.2 Å². The molecule has 70 heavy (non-hydrogen) atoms. The standard InChI is InChI=1S/C69H57N/c1-47(2)48-32-34-54(35-33-48)68(52-23-11-7-12-24-52)63-30-17-15-28-59(63)61-42-40-57(45-65(61)68)70(56-27-19-22-50(44-56)49-20-9-6-10-21-49)58-41-43-62-60-29-16-18-31-64(60)69(66(62)46-58,53-25-13-8-14-26-53)55-38-36-51(37-39-55)67(3,4)5/h6-47H,1-5H3. The van der Waals surface area contributed by atoms with Crippen molar-refractivity contribution in [1.82, 2.24) is 0 Å². The highest BCUT2D eigenvalue weighted by molar-refractivity contribution is 5.92. The van der Waals surface area contributed by atoms with Gasteiger partial charge in [0.2, 0.25) is 0 Å². The Morgan fingerprint density at radius 2 is 0.729 bits per heavy atom. The van der Waals surface area contributed by atoms with Gasteiger partial charge in [-0.05, 0) is 137 Å². The molecule has 0 aliphatic heterocycles. The third-order valence-electron chi connectivity index (χ3n) is 15.4. The van der Waals surface area contributed by atoms with Crippen LogP contribution in [0.5, 0.6) is 0 Å². The molecule has 0 amide bonds. The minimum absolute atomic E-state index is 0.0265. The molecule has 0 fully saturated rings. The van der Waals surface area contributed by atoms with Crippen LogP contribution >= 0.6 is 0 Å². The summed E-state index contributed by atoms with van der Waals surface area (Å²) in [6.07, 6.45) is 0. The highest BCUT2D eigenvalue weighted by atomic mass is 15.1. The van der Waals surface area contributed by atoms with Crippen molar-refractivity contribution >= 4 is 17.1 Å². The highest BCUT2D eigenvalue weighted by Crippen LogP contribution is 2.60. The summed E-state index contributed by atoms with van der Waals surface area (Å²) in [7, 11) is 0. The van der Waals surface area contributed by atoms with Crippen molar-refractivity contribution in [1.29, 1.82) is 0 Å². The molecule has 2 aliphatic rings. The van der Waals surface area contributed by atoms with Crippen LogP contribution in [0.15, 0.2) is 249 Å². The van der Waals surface area contributed by atoms with E-state index in [1.165, 1.54) is 89.0 Å². The van der Waals surface area contributed by atoms with Gasteiger partial charge in [0.25, 0.3) is 0 Å². The fourth-order valence-electron chi connectivity index (χ4n) is 12.0. The highest BCUT2D eigenvalue weighted by Gasteiger charge is 2.48. The molecular formula is C69H57N. The van der Waals surface area contributed by atoms with Gasteiger partial charge in [0.15, 0.2) is 0 Å². The van der Waals surface area contributed by atoms with Crippen molar-refractivity contribution in [3.8, 4) is 33.4 Å². The summed E-state index contributed by atoms with van der Waals surface area (Å²) in [5.74, 6) is 0.431. The zero-order valence-electron chi connectivity index (χ0n) is 40.7. The average Bonchev–Trinajstić information content (AvgIpc) is 3.87. The minimum atomic E-state index is -0.568. The van der Waals surface area contributed by atoms with Crippen molar-refractivity contribution in [3.63, 3.8) is 0 Å². The van der Waals surface area contributed by atoms with Gasteiger partial charge >= 0.3 is 0 Å². The number of fused-ring (bicyclic) bond motifs is 6. The summed E-state index contributed by atoms with van der Waals surface area (Å²) >= 11 is 0. The molecule has 10 aromatic carbocycles. The summed E-state index contributed by atoms with van der Waals surface area (Å²) < 4.78 is 0. The van der Waals surface area contributed by atoms with E-state index in [0.29, 0.717) is 5.92 Å². The molecule has 0 saturated carbocycles. The molecule has 10 aromatic rings. The molecular weight excluding hydrogens is 843 g/mol. The van der Waals surface area contributed by atoms with Crippen LogP contribution in [0.3, 0.4) is 0 Å². The van der Waals surface area contributed by atoms with Gasteiger partial charge in [0.1, 0.15) is 0 Å². The molecule has 0 bridgehead atoms. The first-order valence-corrected chi connectivity index (χ1v) is 24.9. The van der Waals surface area contributed by atoms with Crippen molar-refractivity contribution < 1.29 is 0 Å². The second-order valence-electron chi connectivity index (χ2n) is 20.6. The Kier molecular flexibility index (Phi) is 10.5. The molecule has 0 heterocycles. The predicted octanol–water partition coefficient (Wildman–Crippen LogP) is 18.0. The zero-order chi connectivity index (χ0) is 47.6. The number of hydrogen-bond donors (Lipinski definition) is 0. The third kappa shape index (κ3) is 6.74. The maximum Gasteiger partial charge on any atom is 0.0714 e. The molecule has 0 radical (unpaired) electrons. The van der Waals surface area contributed by atoms with Crippen LogP contribution < -0.4 is 4.90 Å². The van der Waals surface area contributed by atoms with Crippen LogP contribution in [0.4, 0.5) is 17.1 Å². The van der Waals surface area contributed by atoms with Crippen LogP contribution in [0, 0.1) is 0 Å². The largest absolute Gasteiger partial charge is 0.310 e. The molecule has 1 heteroatoms. The topological polar surface area (TPSA) is 3.24 Å². The van der Waals surface area contributed by atoms with E-state index in [1.807, 2.05) is 0 Å². The van der Waals surface area contributed by atoms with Crippen LogP contribution in [0.1, 0.15) is 96.2 Å². The van der Waals surface area contributed by atoms with Crippen molar-refractivity contribution in [3.05, 3.63) is 304 Å². The van der Waals surface area contributed by atoms with Crippen molar-refractivity contribution in [2.45, 2.75) is 56.8 Å². The Labute approximate surface area is 414 Å². The second-order valence-corrected chi connectivity index (χ2v) is 20.6. The smallest absolute Gasteiger partial charge is 0.0714 e. The number of anilines is 3. The lowest BCUT2D eigenvalue weighted by Gasteiger charge is -2.36. The van der Waals surface area contributed by atoms with E-state index in [9.17, 15) is 0 Å². The minimum Gasteiger partial charge on any atom is -0.310 e. The quantitative estimate of drug-likeness (QED) is 0.140. The summed E-state index contributed by atoms with van der Waals surface area (Å²) in [4.78, 5) is 2.51. The van der Waals surface area contributed by atoms with E-state index in [2.05, 4.69) is 288 Å². The first-order chi connectivity index (χ1) is 34.2. The summed E-state index contributed by atoms with van der Waals surface area (Å²) in [5, 5.41) is 0. The fraction of sp³-hybridized carbons (Fsp3) is 0.130. The molecule has 0 aromatic heterocycles. The molecule has 338 valence electrons. The number of hydrogen-bond acceptors (Lipinski definition) is 1. The van der Waals surface area contributed by atoms with Gasteiger partial charge in [0.05, 0.1) is 10.8 Å². The lowest BCUT2D eigenvalue weighted by Crippen LogP contribution is -2.29. The predicted molar refractivity (Wildman–Crippen MR) is 294 cm³/mol. The van der Waals surface area contributed by atoms with Gasteiger partial charge in [0, 0.05) is 17.1 Å². The van der Waals surface area contributed by atoms with Gasteiger partial charge in [-0.15, -0.1) is 0 Å². The van der Waals surface area contributed by atoms with Gasteiger partial charge in [-0.25, -0.2) is 0 Å². The lowest BCUT2D eigenvalue weighted by molar-refractivity contribution is 0.589. The Bertz CT molecular complexity index is 3530. The van der Waals surface area contributed by atoms with Gasteiger partial charge in [-0.2, -0.15) is 0 Å². The number of benzene rings is 10. The van der Waals surface area contributed by atoms with E-state index in [1.54, 1.807) is 0 Å². The van der Waals surface area contributed by atoms with E-state index < -0.39 is 10.8 Å². The van der Waals surface area contributed by atoms with E-state index >= 15 is 0 Å². The fourth-order valence-corrected chi connectivity index (χ4v) is 12.0. The van der Waals surface area contributed by atoms with Gasteiger partial charge in [-0.1, -0.05) is 247 Å². The summed E-state index contributed by atoms with van der Waals surface area (Å²) in [5.41, 5.74) is 22.5. The van der Waals surface area contributed by atoms with Crippen LogP contribution in [0.25, 0.3) is 33.4 Å². The van der Waals surface area contributed by atoms with Crippen molar-refractivity contribution in [2.24, 2.45) is 0 Å². The normalized spacial score (nSPS) is 16.6. The van der Waals surface area contributed by atoms with Crippen LogP contribution in [0.2, 0.25) is 0 Å².